The molecule has 2 heteroatoms. The van der Waals surface area contributed by atoms with E-state index in [0.717, 1.165) is 10.9 Å². The second kappa shape index (κ2) is 4.39. The van der Waals surface area contributed by atoms with E-state index in [2.05, 4.69) is 37.0 Å². The van der Waals surface area contributed by atoms with E-state index in [1.807, 2.05) is 18.2 Å². The Labute approximate surface area is 112 Å². The molecule has 0 aliphatic rings. The van der Waals surface area contributed by atoms with Gasteiger partial charge in [-0.1, -0.05) is 30.3 Å². The van der Waals surface area contributed by atoms with Crippen LogP contribution in [0.15, 0.2) is 48.7 Å². The summed E-state index contributed by atoms with van der Waals surface area (Å²) in [6, 6.07) is 13.8. The molecular weight excluding hydrogens is 234 g/mol. The van der Waals surface area contributed by atoms with Crippen molar-refractivity contribution in [1.29, 1.82) is 0 Å². The van der Waals surface area contributed by atoms with Gasteiger partial charge in [0.05, 0.1) is 0 Å². The Bertz CT molecular complexity index is 742. The highest BCUT2D eigenvalue weighted by molar-refractivity contribution is 5.98. The SMILES string of the molecule is Cc1cccc(C)c1-c1ccnc2c(O)cccc12. The fourth-order valence-corrected chi connectivity index (χ4v) is 2.62. The number of nitrogens with zero attached hydrogens (tertiary/aromatic N) is 1. The lowest BCUT2D eigenvalue weighted by molar-refractivity contribution is 0.480. The summed E-state index contributed by atoms with van der Waals surface area (Å²) in [7, 11) is 0. The van der Waals surface area contributed by atoms with Crippen molar-refractivity contribution in [2.75, 3.05) is 0 Å². The zero-order chi connectivity index (χ0) is 13.4. The fraction of sp³-hybridized carbons (Fsp3) is 0.118. The van der Waals surface area contributed by atoms with Crippen molar-refractivity contribution < 1.29 is 5.11 Å². The molecule has 0 aliphatic heterocycles. The lowest BCUT2D eigenvalue weighted by Gasteiger charge is -2.12. The van der Waals surface area contributed by atoms with Crippen molar-refractivity contribution in [1.82, 2.24) is 4.98 Å². The first-order chi connectivity index (χ1) is 9.18. The number of phenols is 1. The van der Waals surface area contributed by atoms with Gasteiger partial charge in [0, 0.05) is 11.6 Å². The summed E-state index contributed by atoms with van der Waals surface area (Å²) >= 11 is 0. The zero-order valence-corrected chi connectivity index (χ0v) is 11.0. The number of aromatic hydroxyl groups is 1. The van der Waals surface area contributed by atoms with E-state index in [1.165, 1.54) is 16.7 Å². The summed E-state index contributed by atoms with van der Waals surface area (Å²) in [5.41, 5.74) is 5.46. The largest absolute Gasteiger partial charge is 0.506 e. The molecule has 1 N–H and O–H groups in total. The molecule has 3 rings (SSSR count). The Balaban J connectivity index is 2.41. The average molecular weight is 249 g/mol. The lowest BCUT2D eigenvalue weighted by Crippen LogP contribution is -1.90. The summed E-state index contributed by atoms with van der Waals surface area (Å²) in [6.07, 6.45) is 1.75. The molecule has 0 radical (unpaired) electrons. The van der Waals surface area contributed by atoms with Crippen LogP contribution in [0.3, 0.4) is 0 Å². The van der Waals surface area contributed by atoms with Gasteiger partial charge in [0.1, 0.15) is 11.3 Å². The molecule has 0 atom stereocenters. The van der Waals surface area contributed by atoms with Crippen molar-refractivity contribution >= 4 is 10.9 Å². The second-order valence-electron chi connectivity index (χ2n) is 4.80. The van der Waals surface area contributed by atoms with Crippen LogP contribution in [0.1, 0.15) is 11.1 Å². The molecule has 1 aromatic heterocycles. The normalized spacial score (nSPS) is 10.8. The van der Waals surface area contributed by atoms with E-state index in [1.54, 1.807) is 12.3 Å². The summed E-state index contributed by atoms with van der Waals surface area (Å²) in [5, 5.41) is 10.9. The monoisotopic (exact) mass is 249 g/mol. The summed E-state index contributed by atoms with van der Waals surface area (Å²) in [6.45, 7) is 4.22. The number of aromatic nitrogens is 1. The standard InChI is InChI=1S/C17H15NO/c1-11-5-3-6-12(2)16(11)13-9-10-18-17-14(13)7-4-8-15(17)19/h3-10,19H,1-2H3. The highest BCUT2D eigenvalue weighted by Gasteiger charge is 2.10. The molecule has 0 aliphatic carbocycles. The van der Waals surface area contributed by atoms with Crippen LogP contribution >= 0.6 is 0 Å². The van der Waals surface area contributed by atoms with E-state index in [0.29, 0.717) is 5.52 Å². The molecule has 2 nitrogen and oxygen atoms in total. The summed E-state index contributed by atoms with van der Waals surface area (Å²) < 4.78 is 0. The highest BCUT2D eigenvalue weighted by atomic mass is 16.3. The maximum absolute atomic E-state index is 9.92. The van der Waals surface area contributed by atoms with Gasteiger partial charge in [-0.2, -0.15) is 0 Å². The molecule has 0 spiro atoms. The van der Waals surface area contributed by atoms with Gasteiger partial charge in [-0.25, -0.2) is 0 Å². The van der Waals surface area contributed by atoms with Crippen molar-refractivity contribution in [3.05, 3.63) is 59.8 Å². The topological polar surface area (TPSA) is 33.1 Å². The number of pyridine rings is 1. The maximum Gasteiger partial charge on any atom is 0.141 e. The Morgan fingerprint density at radius 1 is 0.895 bits per heavy atom. The second-order valence-corrected chi connectivity index (χ2v) is 4.80. The van der Waals surface area contributed by atoms with Crippen LogP contribution in [0.2, 0.25) is 0 Å². The van der Waals surface area contributed by atoms with Crippen molar-refractivity contribution in [3.8, 4) is 16.9 Å². The number of hydrogen-bond acceptors (Lipinski definition) is 2. The number of fused-ring (bicyclic) bond motifs is 1. The fourth-order valence-electron chi connectivity index (χ4n) is 2.62. The van der Waals surface area contributed by atoms with E-state index in [9.17, 15) is 5.11 Å². The van der Waals surface area contributed by atoms with Crippen LogP contribution in [0.4, 0.5) is 0 Å². The van der Waals surface area contributed by atoms with Crippen molar-refractivity contribution in [3.63, 3.8) is 0 Å². The molecule has 0 saturated heterocycles. The van der Waals surface area contributed by atoms with Gasteiger partial charge < -0.3 is 5.11 Å². The minimum atomic E-state index is 0.227. The first-order valence-electron chi connectivity index (χ1n) is 6.32. The van der Waals surface area contributed by atoms with Crippen LogP contribution in [0, 0.1) is 13.8 Å². The van der Waals surface area contributed by atoms with Crippen LogP contribution in [0.5, 0.6) is 5.75 Å². The van der Waals surface area contributed by atoms with E-state index in [-0.39, 0.29) is 5.75 Å². The third-order valence-electron chi connectivity index (χ3n) is 3.50. The van der Waals surface area contributed by atoms with Gasteiger partial charge in [0.15, 0.2) is 0 Å². The molecule has 19 heavy (non-hydrogen) atoms. The minimum absolute atomic E-state index is 0.227. The van der Waals surface area contributed by atoms with Gasteiger partial charge >= 0.3 is 0 Å². The summed E-state index contributed by atoms with van der Waals surface area (Å²) in [5.74, 6) is 0.227. The van der Waals surface area contributed by atoms with E-state index < -0.39 is 0 Å². The van der Waals surface area contributed by atoms with Crippen molar-refractivity contribution in [2.45, 2.75) is 13.8 Å². The van der Waals surface area contributed by atoms with Crippen LogP contribution in [-0.2, 0) is 0 Å². The van der Waals surface area contributed by atoms with Gasteiger partial charge in [-0.05, 0) is 48.2 Å². The number of aryl methyl sites for hydroxylation is 2. The van der Waals surface area contributed by atoms with Gasteiger partial charge in [0.2, 0.25) is 0 Å². The molecule has 94 valence electrons. The third-order valence-corrected chi connectivity index (χ3v) is 3.50. The van der Waals surface area contributed by atoms with Crippen molar-refractivity contribution in [2.24, 2.45) is 0 Å². The quantitative estimate of drug-likeness (QED) is 0.700. The molecule has 0 bridgehead atoms. The lowest BCUT2D eigenvalue weighted by atomic mass is 9.93. The molecule has 0 unspecified atom stereocenters. The number of phenolic OH excluding ortho intramolecular Hbond substituents is 1. The number of hydrogen-bond donors (Lipinski definition) is 1. The molecule has 0 amide bonds. The maximum atomic E-state index is 9.92. The average Bonchev–Trinajstić information content (AvgIpc) is 2.39. The predicted molar refractivity (Wildman–Crippen MR) is 78.3 cm³/mol. The molecular formula is C17H15NO. The number of para-hydroxylation sites is 1. The molecule has 2 aromatic carbocycles. The Morgan fingerprint density at radius 2 is 1.58 bits per heavy atom. The van der Waals surface area contributed by atoms with Gasteiger partial charge in [-0.3, -0.25) is 4.98 Å². The highest BCUT2D eigenvalue weighted by Crippen LogP contribution is 2.34. The summed E-state index contributed by atoms with van der Waals surface area (Å²) in [4.78, 5) is 4.28. The first-order valence-corrected chi connectivity index (χ1v) is 6.32. The van der Waals surface area contributed by atoms with E-state index >= 15 is 0 Å². The van der Waals surface area contributed by atoms with Crippen LogP contribution < -0.4 is 0 Å². The molecule has 3 aromatic rings. The molecule has 0 saturated carbocycles. The predicted octanol–water partition coefficient (Wildman–Crippen LogP) is 4.22. The molecule has 1 heterocycles. The zero-order valence-electron chi connectivity index (χ0n) is 11.0. The molecule has 0 fully saturated rings. The third kappa shape index (κ3) is 1.85. The Kier molecular flexibility index (Phi) is 2.71. The van der Waals surface area contributed by atoms with E-state index in [4.69, 9.17) is 0 Å². The van der Waals surface area contributed by atoms with Gasteiger partial charge in [0.25, 0.3) is 0 Å². The van der Waals surface area contributed by atoms with Crippen LogP contribution in [0.25, 0.3) is 22.0 Å². The smallest absolute Gasteiger partial charge is 0.141 e. The first kappa shape index (κ1) is 11.7. The minimum Gasteiger partial charge on any atom is -0.506 e. The van der Waals surface area contributed by atoms with Gasteiger partial charge in [-0.15, -0.1) is 0 Å². The number of benzene rings is 2. The number of rotatable bonds is 1. The Morgan fingerprint density at radius 3 is 2.32 bits per heavy atom. The van der Waals surface area contributed by atoms with Crippen LogP contribution in [-0.4, -0.2) is 10.1 Å². The Hall–Kier alpha value is -2.35.